The van der Waals surface area contributed by atoms with Gasteiger partial charge in [-0.05, 0) is 24.4 Å². The summed E-state index contributed by atoms with van der Waals surface area (Å²) in [5, 5.41) is 5.96. The smallest absolute Gasteiger partial charge is 0.131 e. The van der Waals surface area contributed by atoms with E-state index < -0.39 is 0 Å². The predicted octanol–water partition coefficient (Wildman–Crippen LogP) is 3.06. The van der Waals surface area contributed by atoms with Crippen LogP contribution in [-0.4, -0.2) is 21.1 Å². The molecule has 0 spiro atoms. The lowest BCUT2D eigenvalue weighted by Crippen LogP contribution is -2.26. The molecule has 0 saturated carbocycles. The Morgan fingerprint density at radius 3 is 2.76 bits per heavy atom. The molecule has 0 aliphatic rings. The van der Waals surface area contributed by atoms with E-state index in [1.807, 2.05) is 31.7 Å². The van der Waals surface area contributed by atoms with E-state index in [0.29, 0.717) is 0 Å². The second-order valence-corrected chi connectivity index (χ2v) is 5.20. The van der Waals surface area contributed by atoms with Crippen molar-refractivity contribution in [1.29, 1.82) is 0 Å². The highest BCUT2D eigenvalue weighted by atomic mass is 15.1. The van der Waals surface area contributed by atoms with Crippen molar-refractivity contribution in [3.05, 3.63) is 60.4 Å². The maximum absolute atomic E-state index is 4.64. The minimum Gasteiger partial charge on any atom is -0.336 e. The molecular weight excluding hydrogens is 260 g/mol. The number of aryl methyl sites for hydroxylation is 1. The summed E-state index contributed by atoms with van der Waals surface area (Å²) in [5.41, 5.74) is 1.04. The average Bonchev–Trinajstić information content (AvgIpc) is 2.94. The van der Waals surface area contributed by atoms with Crippen molar-refractivity contribution >= 4 is 10.8 Å². The van der Waals surface area contributed by atoms with E-state index in [1.165, 1.54) is 10.8 Å². The molecule has 2 aromatic heterocycles. The molecule has 1 aromatic carbocycles. The number of pyridine rings is 1. The van der Waals surface area contributed by atoms with Gasteiger partial charge in [0.05, 0.1) is 5.69 Å². The third-order valence-electron chi connectivity index (χ3n) is 3.69. The van der Waals surface area contributed by atoms with Gasteiger partial charge in [-0.25, -0.2) is 4.98 Å². The Morgan fingerprint density at radius 1 is 1.14 bits per heavy atom. The molecule has 4 nitrogen and oxygen atoms in total. The normalized spacial score (nSPS) is 12.7. The lowest BCUT2D eigenvalue weighted by atomic mass is 10.0. The Hall–Kier alpha value is -2.20. The molecule has 1 unspecified atom stereocenters. The van der Waals surface area contributed by atoms with Crippen molar-refractivity contribution in [2.75, 3.05) is 6.54 Å². The van der Waals surface area contributed by atoms with E-state index in [2.05, 4.69) is 51.0 Å². The fraction of sp³-hybridized carbons (Fsp3) is 0.294. The van der Waals surface area contributed by atoms with Crippen LogP contribution >= 0.6 is 0 Å². The molecule has 0 amide bonds. The largest absolute Gasteiger partial charge is 0.336 e. The van der Waals surface area contributed by atoms with Crippen LogP contribution < -0.4 is 5.32 Å². The number of rotatable bonds is 5. The topological polar surface area (TPSA) is 42.7 Å². The summed E-state index contributed by atoms with van der Waals surface area (Å²) in [4.78, 5) is 9.15. The van der Waals surface area contributed by atoms with Crippen LogP contribution in [0.4, 0.5) is 0 Å². The van der Waals surface area contributed by atoms with Crippen molar-refractivity contribution in [2.24, 2.45) is 7.05 Å². The maximum Gasteiger partial charge on any atom is 0.131 e. The second kappa shape index (κ2) is 6.06. The molecule has 3 rings (SSSR count). The highest BCUT2D eigenvalue weighted by Crippen LogP contribution is 2.26. The first-order valence-corrected chi connectivity index (χ1v) is 7.35. The Morgan fingerprint density at radius 2 is 2.00 bits per heavy atom. The van der Waals surface area contributed by atoms with Crippen molar-refractivity contribution in [2.45, 2.75) is 19.4 Å². The Labute approximate surface area is 124 Å². The fourth-order valence-electron chi connectivity index (χ4n) is 2.63. The van der Waals surface area contributed by atoms with E-state index in [9.17, 15) is 0 Å². The van der Waals surface area contributed by atoms with E-state index in [1.54, 1.807) is 0 Å². The first kappa shape index (κ1) is 13.8. The number of fused-ring (bicyclic) bond motifs is 1. The lowest BCUT2D eigenvalue weighted by Gasteiger charge is -2.19. The van der Waals surface area contributed by atoms with Gasteiger partial charge < -0.3 is 9.88 Å². The number of imidazole rings is 1. The number of nitrogens with one attached hydrogen (secondary N) is 1. The number of aromatic nitrogens is 3. The molecule has 0 aliphatic heterocycles. The molecule has 1 N–H and O–H groups in total. The third-order valence-corrected chi connectivity index (χ3v) is 3.69. The van der Waals surface area contributed by atoms with Crippen LogP contribution in [0.3, 0.4) is 0 Å². The third kappa shape index (κ3) is 2.67. The fourth-order valence-corrected chi connectivity index (χ4v) is 2.63. The number of hydrogen-bond acceptors (Lipinski definition) is 3. The van der Waals surface area contributed by atoms with Crippen LogP contribution in [0.2, 0.25) is 0 Å². The summed E-state index contributed by atoms with van der Waals surface area (Å²) in [6.45, 7) is 3.10. The molecule has 108 valence electrons. The van der Waals surface area contributed by atoms with Crippen LogP contribution in [0, 0.1) is 0 Å². The zero-order chi connectivity index (χ0) is 14.7. The van der Waals surface area contributed by atoms with E-state index in [4.69, 9.17) is 0 Å². The standard InChI is InChI=1S/C17H20N4/c1-3-9-18-16(17-20-11-12-21(17)2)15-14-7-5-4-6-13(14)8-10-19-15/h4-8,10-12,16,18H,3,9H2,1-2H3. The average molecular weight is 280 g/mol. The Bertz CT molecular complexity index is 727. The van der Waals surface area contributed by atoms with Crippen LogP contribution in [0.5, 0.6) is 0 Å². The molecule has 0 fully saturated rings. The van der Waals surface area contributed by atoms with E-state index in [0.717, 1.165) is 24.5 Å². The minimum atomic E-state index is 0.0102. The molecule has 0 bridgehead atoms. The molecule has 21 heavy (non-hydrogen) atoms. The van der Waals surface area contributed by atoms with Gasteiger partial charge in [0.1, 0.15) is 11.9 Å². The van der Waals surface area contributed by atoms with Crippen molar-refractivity contribution in [3.8, 4) is 0 Å². The number of hydrogen-bond donors (Lipinski definition) is 1. The molecule has 0 saturated heterocycles. The molecular formula is C17H20N4. The van der Waals surface area contributed by atoms with Crippen molar-refractivity contribution < 1.29 is 0 Å². The van der Waals surface area contributed by atoms with Crippen LogP contribution in [0.25, 0.3) is 10.8 Å². The number of benzene rings is 1. The van der Waals surface area contributed by atoms with Crippen molar-refractivity contribution in [1.82, 2.24) is 19.9 Å². The van der Waals surface area contributed by atoms with Crippen LogP contribution in [0.15, 0.2) is 48.9 Å². The molecule has 3 aromatic rings. The Kier molecular flexibility index (Phi) is 3.97. The van der Waals surface area contributed by atoms with Gasteiger partial charge in [0.2, 0.25) is 0 Å². The number of nitrogens with zero attached hydrogens (tertiary/aromatic N) is 3. The van der Waals surface area contributed by atoms with Crippen LogP contribution in [-0.2, 0) is 7.05 Å². The quantitative estimate of drug-likeness (QED) is 0.781. The van der Waals surface area contributed by atoms with Gasteiger partial charge in [-0.3, -0.25) is 4.98 Å². The molecule has 2 heterocycles. The molecule has 0 radical (unpaired) electrons. The van der Waals surface area contributed by atoms with E-state index >= 15 is 0 Å². The van der Waals surface area contributed by atoms with E-state index in [-0.39, 0.29) is 6.04 Å². The summed E-state index contributed by atoms with van der Waals surface area (Å²) in [6.07, 6.45) is 6.76. The lowest BCUT2D eigenvalue weighted by molar-refractivity contribution is 0.548. The zero-order valence-corrected chi connectivity index (χ0v) is 12.5. The second-order valence-electron chi connectivity index (χ2n) is 5.20. The Balaban J connectivity index is 2.12. The maximum atomic E-state index is 4.64. The highest BCUT2D eigenvalue weighted by molar-refractivity contribution is 5.84. The summed E-state index contributed by atoms with van der Waals surface area (Å²) in [6, 6.07) is 10.4. The minimum absolute atomic E-state index is 0.0102. The van der Waals surface area contributed by atoms with Gasteiger partial charge in [-0.15, -0.1) is 0 Å². The van der Waals surface area contributed by atoms with Gasteiger partial charge in [0.15, 0.2) is 0 Å². The van der Waals surface area contributed by atoms with Gasteiger partial charge >= 0.3 is 0 Å². The summed E-state index contributed by atoms with van der Waals surface area (Å²) in [5.74, 6) is 0.993. The van der Waals surface area contributed by atoms with Gasteiger partial charge in [0, 0.05) is 31.0 Å². The predicted molar refractivity (Wildman–Crippen MR) is 85.1 cm³/mol. The first-order valence-electron chi connectivity index (χ1n) is 7.35. The summed E-state index contributed by atoms with van der Waals surface area (Å²) < 4.78 is 2.05. The molecule has 4 heteroatoms. The van der Waals surface area contributed by atoms with Gasteiger partial charge in [-0.2, -0.15) is 0 Å². The first-order chi connectivity index (χ1) is 10.3. The zero-order valence-electron chi connectivity index (χ0n) is 12.5. The molecule has 0 aliphatic carbocycles. The van der Waals surface area contributed by atoms with Crippen molar-refractivity contribution in [3.63, 3.8) is 0 Å². The summed E-state index contributed by atoms with van der Waals surface area (Å²) >= 11 is 0. The van der Waals surface area contributed by atoms with Gasteiger partial charge in [-0.1, -0.05) is 31.2 Å². The van der Waals surface area contributed by atoms with Crippen LogP contribution in [0.1, 0.15) is 30.9 Å². The van der Waals surface area contributed by atoms with Gasteiger partial charge in [0.25, 0.3) is 0 Å². The molecule has 1 atom stereocenters. The SMILES string of the molecule is CCCNC(c1nccc2ccccc12)c1nccn1C. The highest BCUT2D eigenvalue weighted by Gasteiger charge is 2.20. The summed E-state index contributed by atoms with van der Waals surface area (Å²) in [7, 11) is 2.02. The monoisotopic (exact) mass is 280 g/mol.